The van der Waals surface area contributed by atoms with Gasteiger partial charge in [0.1, 0.15) is 5.41 Å². The van der Waals surface area contributed by atoms with E-state index in [-0.39, 0.29) is 19.2 Å². The lowest BCUT2D eigenvalue weighted by atomic mass is 9.85. The van der Waals surface area contributed by atoms with Crippen molar-refractivity contribution >= 4 is 23.3 Å². The predicted molar refractivity (Wildman–Crippen MR) is 74.8 cm³/mol. The number of carbonyl (C=O) groups is 2. The maximum absolute atomic E-state index is 11.8. The van der Waals surface area contributed by atoms with Crippen molar-refractivity contribution in [2.24, 2.45) is 5.41 Å². The van der Waals surface area contributed by atoms with Crippen molar-refractivity contribution in [3.05, 3.63) is 21.9 Å². The molecule has 7 heteroatoms. The third kappa shape index (κ3) is 2.94. The molecule has 1 aromatic heterocycles. The van der Waals surface area contributed by atoms with E-state index < -0.39 is 17.4 Å². The van der Waals surface area contributed by atoms with E-state index in [9.17, 15) is 14.7 Å². The molecular weight excluding hydrogens is 280 g/mol. The maximum Gasteiger partial charge on any atom is 0.315 e. The predicted octanol–water partition coefficient (Wildman–Crippen LogP) is 1.35. The molecule has 2 heterocycles. The van der Waals surface area contributed by atoms with Crippen LogP contribution in [-0.4, -0.2) is 36.4 Å². The number of nitrogens with one attached hydrogen (secondary N) is 2. The van der Waals surface area contributed by atoms with Crippen molar-refractivity contribution in [3.63, 3.8) is 0 Å². The van der Waals surface area contributed by atoms with Crippen molar-refractivity contribution in [2.45, 2.75) is 26.4 Å². The molecule has 0 spiro atoms. The molecule has 20 heavy (non-hydrogen) atoms. The molecule has 0 radical (unpaired) electrons. The molecule has 1 fully saturated rings. The van der Waals surface area contributed by atoms with Crippen molar-refractivity contribution in [1.82, 2.24) is 10.6 Å². The van der Waals surface area contributed by atoms with Crippen molar-refractivity contribution < 1.29 is 19.4 Å². The number of amides is 2. The number of carboxylic acid groups (broad SMARTS) is 1. The second-order valence-corrected chi connectivity index (χ2v) is 6.14. The number of hydrogen-bond acceptors (Lipinski definition) is 4. The molecule has 0 aliphatic carbocycles. The van der Waals surface area contributed by atoms with Gasteiger partial charge in [-0.2, -0.15) is 0 Å². The summed E-state index contributed by atoms with van der Waals surface area (Å²) in [6.45, 7) is 4.33. The Hall–Kier alpha value is -1.60. The van der Waals surface area contributed by atoms with Gasteiger partial charge in [0.2, 0.25) is 0 Å². The Morgan fingerprint density at radius 1 is 1.60 bits per heavy atom. The Morgan fingerprint density at radius 3 is 2.95 bits per heavy atom. The van der Waals surface area contributed by atoms with Crippen LogP contribution < -0.4 is 10.6 Å². The number of aliphatic carboxylic acids is 1. The second kappa shape index (κ2) is 5.80. The highest BCUT2D eigenvalue weighted by atomic mass is 32.1. The number of aryl methyl sites for hydroxylation is 1. The number of urea groups is 1. The fourth-order valence-corrected chi connectivity index (χ4v) is 2.89. The number of carboxylic acids is 1. The summed E-state index contributed by atoms with van der Waals surface area (Å²) in [5.41, 5.74) is 0.0609. The van der Waals surface area contributed by atoms with E-state index in [0.29, 0.717) is 6.54 Å². The summed E-state index contributed by atoms with van der Waals surface area (Å²) < 4.78 is 5.18. The molecule has 0 bridgehead atoms. The van der Waals surface area contributed by atoms with Crippen LogP contribution >= 0.6 is 11.3 Å². The molecule has 1 aliphatic heterocycles. The average molecular weight is 298 g/mol. The first-order chi connectivity index (χ1) is 9.43. The van der Waals surface area contributed by atoms with Gasteiger partial charge in [-0.25, -0.2) is 4.79 Å². The fourth-order valence-electron chi connectivity index (χ4n) is 2.04. The van der Waals surface area contributed by atoms with Crippen LogP contribution in [0.3, 0.4) is 0 Å². The van der Waals surface area contributed by atoms with Gasteiger partial charge in [0.15, 0.2) is 0 Å². The van der Waals surface area contributed by atoms with Gasteiger partial charge in [0.05, 0.1) is 25.8 Å². The van der Waals surface area contributed by atoms with E-state index >= 15 is 0 Å². The van der Waals surface area contributed by atoms with Gasteiger partial charge in [0.25, 0.3) is 0 Å². The molecule has 0 aromatic carbocycles. The standard InChI is InChI=1S/C13H18N2O4S/c1-8-3-4-20-9(8)5-14-12(18)15-10-6-19-7-13(10,2)11(16)17/h3-4,10H,5-7H2,1-2H3,(H,16,17)(H2,14,15,18). The molecule has 2 atom stereocenters. The first kappa shape index (κ1) is 14.8. The minimum atomic E-state index is -1.07. The first-order valence-corrected chi connectivity index (χ1v) is 7.20. The van der Waals surface area contributed by atoms with Crippen LogP contribution in [0, 0.1) is 12.3 Å². The Labute approximate surface area is 121 Å². The molecule has 3 N–H and O–H groups in total. The Balaban J connectivity index is 1.88. The van der Waals surface area contributed by atoms with Gasteiger partial charge in [-0.15, -0.1) is 11.3 Å². The van der Waals surface area contributed by atoms with Crippen molar-refractivity contribution in [1.29, 1.82) is 0 Å². The summed E-state index contributed by atoms with van der Waals surface area (Å²) in [7, 11) is 0. The van der Waals surface area contributed by atoms with Crippen LogP contribution in [0.4, 0.5) is 4.79 Å². The third-order valence-electron chi connectivity index (χ3n) is 3.63. The highest BCUT2D eigenvalue weighted by Crippen LogP contribution is 2.28. The first-order valence-electron chi connectivity index (χ1n) is 6.32. The van der Waals surface area contributed by atoms with Crippen LogP contribution in [0.15, 0.2) is 11.4 Å². The van der Waals surface area contributed by atoms with Gasteiger partial charge in [-0.3, -0.25) is 4.79 Å². The zero-order valence-electron chi connectivity index (χ0n) is 11.4. The van der Waals surface area contributed by atoms with Gasteiger partial charge in [0, 0.05) is 4.88 Å². The monoisotopic (exact) mass is 298 g/mol. The summed E-state index contributed by atoms with van der Waals surface area (Å²) in [5.74, 6) is -0.964. The molecule has 6 nitrogen and oxygen atoms in total. The zero-order valence-corrected chi connectivity index (χ0v) is 12.3. The molecule has 2 amide bonds. The van der Waals surface area contributed by atoms with Crippen molar-refractivity contribution in [2.75, 3.05) is 13.2 Å². The van der Waals surface area contributed by atoms with Gasteiger partial charge >= 0.3 is 12.0 Å². The highest BCUT2D eigenvalue weighted by molar-refractivity contribution is 7.10. The summed E-state index contributed by atoms with van der Waals surface area (Å²) in [5, 5.41) is 16.6. The molecule has 1 aromatic rings. The van der Waals surface area contributed by atoms with Crippen LogP contribution in [0.2, 0.25) is 0 Å². The summed E-state index contributed by atoms with van der Waals surface area (Å²) in [6.07, 6.45) is 0. The number of carbonyl (C=O) groups excluding carboxylic acids is 1. The van der Waals surface area contributed by atoms with Crippen LogP contribution in [0.1, 0.15) is 17.4 Å². The van der Waals surface area contributed by atoms with E-state index in [1.807, 2.05) is 18.4 Å². The number of ether oxygens (including phenoxy) is 1. The Morgan fingerprint density at radius 2 is 2.35 bits per heavy atom. The van der Waals surface area contributed by atoms with Crippen LogP contribution in [0.5, 0.6) is 0 Å². The van der Waals surface area contributed by atoms with E-state index in [2.05, 4.69) is 10.6 Å². The SMILES string of the molecule is Cc1ccsc1CNC(=O)NC1COCC1(C)C(=O)O. The number of rotatable bonds is 4. The van der Waals surface area contributed by atoms with E-state index in [4.69, 9.17) is 4.74 Å². The third-order valence-corrected chi connectivity index (χ3v) is 4.65. The largest absolute Gasteiger partial charge is 0.481 e. The fraction of sp³-hybridized carbons (Fsp3) is 0.538. The van der Waals surface area contributed by atoms with Gasteiger partial charge in [-0.1, -0.05) is 0 Å². The average Bonchev–Trinajstić information content (AvgIpc) is 2.95. The highest BCUT2D eigenvalue weighted by Gasteiger charge is 2.47. The smallest absolute Gasteiger partial charge is 0.315 e. The van der Waals surface area contributed by atoms with E-state index in [1.165, 1.54) is 0 Å². The summed E-state index contributed by atoms with van der Waals surface area (Å²) in [4.78, 5) is 24.2. The minimum Gasteiger partial charge on any atom is -0.481 e. The molecule has 1 aliphatic rings. The molecule has 2 rings (SSSR count). The normalized spacial score (nSPS) is 25.4. The second-order valence-electron chi connectivity index (χ2n) is 5.14. The molecule has 110 valence electrons. The topological polar surface area (TPSA) is 87.7 Å². The Kier molecular flexibility index (Phi) is 4.29. The lowest BCUT2D eigenvalue weighted by Gasteiger charge is -2.25. The lowest BCUT2D eigenvalue weighted by molar-refractivity contribution is -0.148. The van der Waals surface area contributed by atoms with Gasteiger partial charge < -0.3 is 20.5 Å². The molecular formula is C13H18N2O4S. The Bertz CT molecular complexity index is 516. The molecule has 1 saturated heterocycles. The summed E-state index contributed by atoms with van der Waals surface area (Å²) >= 11 is 1.58. The minimum absolute atomic E-state index is 0.108. The lowest BCUT2D eigenvalue weighted by Crippen LogP contribution is -2.52. The molecule has 2 unspecified atom stereocenters. The molecule has 0 saturated carbocycles. The van der Waals surface area contributed by atoms with Crippen LogP contribution in [0.25, 0.3) is 0 Å². The zero-order chi connectivity index (χ0) is 14.8. The summed E-state index contributed by atoms with van der Waals surface area (Å²) in [6, 6.07) is 1.09. The van der Waals surface area contributed by atoms with Crippen molar-refractivity contribution in [3.8, 4) is 0 Å². The number of thiophene rings is 1. The maximum atomic E-state index is 11.8. The van der Waals surface area contributed by atoms with E-state index in [0.717, 1.165) is 10.4 Å². The number of hydrogen-bond donors (Lipinski definition) is 3. The van der Waals surface area contributed by atoms with Crippen LogP contribution in [-0.2, 0) is 16.1 Å². The van der Waals surface area contributed by atoms with Gasteiger partial charge in [-0.05, 0) is 30.9 Å². The quantitative estimate of drug-likeness (QED) is 0.783. The van der Waals surface area contributed by atoms with E-state index in [1.54, 1.807) is 18.3 Å².